The molecule has 1 atom stereocenters. The predicted octanol–water partition coefficient (Wildman–Crippen LogP) is 4.26. The molecule has 114 valence electrons. The molecule has 0 heterocycles. The molecule has 0 bridgehead atoms. The minimum Gasteiger partial charge on any atom is -0.303 e. The van der Waals surface area contributed by atoms with E-state index in [0.717, 1.165) is 36.8 Å². The van der Waals surface area contributed by atoms with Gasteiger partial charge in [0.1, 0.15) is 6.29 Å². The zero-order valence-electron chi connectivity index (χ0n) is 13.2. The van der Waals surface area contributed by atoms with Crippen molar-refractivity contribution >= 4 is 6.29 Å². The summed E-state index contributed by atoms with van der Waals surface area (Å²) in [6.45, 7) is 7.14. The molecule has 2 aliphatic carbocycles. The molecule has 2 rings (SSSR count). The van der Waals surface area contributed by atoms with Crippen LogP contribution in [0.3, 0.4) is 0 Å². The second-order valence-electron chi connectivity index (χ2n) is 6.20. The van der Waals surface area contributed by atoms with Gasteiger partial charge in [0.05, 0.1) is 0 Å². The molecule has 1 N–H and O–H groups in total. The fourth-order valence-corrected chi connectivity index (χ4v) is 3.16. The summed E-state index contributed by atoms with van der Waals surface area (Å²) in [5.74, 6) is 0. The topological polar surface area (TPSA) is 29.1 Å². The van der Waals surface area contributed by atoms with Crippen LogP contribution in [0.5, 0.6) is 0 Å². The second kappa shape index (κ2) is 8.14. The molecule has 0 fully saturated rings. The van der Waals surface area contributed by atoms with Gasteiger partial charge < -0.3 is 5.32 Å². The molecule has 0 saturated heterocycles. The van der Waals surface area contributed by atoms with Crippen molar-refractivity contribution in [3.8, 4) is 0 Å². The Morgan fingerprint density at radius 2 is 2.14 bits per heavy atom. The van der Waals surface area contributed by atoms with Gasteiger partial charge in [0.25, 0.3) is 0 Å². The van der Waals surface area contributed by atoms with Gasteiger partial charge in [-0.05, 0) is 51.0 Å². The van der Waals surface area contributed by atoms with E-state index in [0.29, 0.717) is 0 Å². The fourth-order valence-electron chi connectivity index (χ4n) is 3.16. The lowest BCUT2D eigenvalue weighted by Crippen LogP contribution is -2.34. The van der Waals surface area contributed by atoms with E-state index >= 15 is 0 Å². The summed E-state index contributed by atoms with van der Waals surface area (Å²) in [6.07, 6.45) is 15.8. The van der Waals surface area contributed by atoms with Crippen LogP contribution >= 0.6 is 0 Å². The molecular weight excluding hydrogens is 258 g/mol. The minimum absolute atomic E-state index is 0.192. The van der Waals surface area contributed by atoms with Gasteiger partial charge in [-0.2, -0.15) is 0 Å². The van der Waals surface area contributed by atoms with Crippen molar-refractivity contribution < 1.29 is 4.79 Å². The summed E-state index contributed by atoms with van der Waals surface area (Å²) < 4.78 is 0. The standard InChI is InChI=1S/C19H27NO/c1-15(2)19(18-11-7-10-17(12-18)14-21)20-13-16-8-5-3-4-6-9-16/h8,10,12,14,19-20H,1,3-7,9,11,13H2,2H3. The Hall–Kier alpha value is -1.41. The van der Waals surface area contributed by atoms with Gasteiger partial charge in [-0.3, -0.25) is 4.79 Å². The molecule has 0 amide bonds. The van der Waals surface area contributed by atoms with E-state index < -0.39 is 0 Å². The van der Waals surface area contributed by atoms with Crippen molar-refractivity contribution in [2.45, 2.75) is 57.9 Å². The first-order valence-electron chi connectivity index (χ1n) is 8.13. The molecule has 0 aromatic rings. The first-order valence-corrected chi connectivity index (χ1v) is 8.13. The summed E-state index contributed by atoms with van der Waals surface area (Å²) in [6, 6.07) is 0.192. The van der Waals surface area contributed by atoms with Crippen LogP contribution in [0.4, 0.5) is 0 Å². The van der Waals surface area contributed by atoms with Gasteiger partial charge in [0.15, 0.2) is 0 Å². The lowest BCUT2D eigenvalue weighted by Gasteiger charge is -2.25. The quantitative estimate of drug-likeness (QED) is 0.583. The molecule has 0 radical (unpaired) electrons. The molecule has 0 spiro atoms. The number of hydrogen-bond donors (Lipinski definition) is 1. The van der Waals surface area contributed by atoms with Crippen molar-refractivity contribution in [1.29, 1.82) is 0 Å². The Labute approximate surface area is 128 Å². The van der Waals surface area contributed by atoms with E-state index in [1.54, 1.807) is 0 Å². The normalized spacial score (nSPS) is 20.7. The van der Waals surface area contributed by atoms with Gasteiger partial charge in [0.2, 0.25) is 0 Å². The minimum atomic E-state index is 0.192. The van der Waals surface area contributed by atoms with Gasteiger partial charge in [-0.15, -0.1) is 0 Å². The number of aldehydes is 1. The van der Waals surface area contributed by atoms with E-state index in [1.807, 2.05) is 12.2 Å². The zero-order chi connectivity index (χ0) is 15.1. The van der Waals surface area contributed by atoms with Gasteiger partial charge in [-0.25, -0.2) is 0 Å². The molecule has 0 aliphatic heterocycles. The van der Waals surface area contributed by atoms with Crippen LogP contribution in [0.1, 0.15) is 51.9 Å². The van der Waals surface area contributed by atoms with E-state index in [-0.39, 0.29) is 6.04 Å². The highest BCUT2D eigenvalue weighted by Gasteiger charge is 2.17. The predicted molar refractivity (Wildman–Crippen MR) is 89.2 cm³/mol. The SMILES string of the molecule is C=C(C)C(NCC1=CCCCCC1)C1=CC(C=O)=CCC1. The van der Waals surface area contributed by atoms with Crippen LogP contribution in [0.15, 0.2) is 47.1 Å². The Morgan fingerprint density at radius 3 is 2.90 bits per heavy atom. The van der Waals surface area contributed by atoms with Gasteiger partial charge in [0, 0.05) is 18.2 Å². The highest BCUT2D eigenvalue weighted by atomic mass is 16.1. The lowest BCUT2D eigenvalue weighted by molar-refractivity contribution is -0.104. The smallest absolute Gasteiger partial charge is 0.149 e. The number of carbonyl (C=O) groups excluding carboxylic acids is 1. The lowest BCUT2D eigenvalue weighted by atomic mass is 9.91. The molecular formula is C19H27NO. The average molecular weight is 285 g/mol. The molecule has 0 aromatic carbocycles. The molecule has 0 saturated carbocycles. The molecule has 21 heavy (non-hydrogen) atoms. The Morgan fingerprint density at radius 1 is 1.29 bits per heavy atom. The van der Waals surface area contributed by atoms with Crippen molar-refractivity contribution in [3.63, 3.8) is 0 Å². The zero-order valence-corrected chi connectivity index (χ0v) is 13.2. The highest BCUT2D eigenvalue weighted by molar-refractivity contribution is 5.78. The molecule has 2 heteroatoms. The largest absolute Gasteiger partial charge is 0.303 e. The molecule has 2 nitrogen and oxygen atoms in total. The number of nitrogens with one attached hydrogen (secondary N) is 1. The highest BCUT2D eigenvalue weighted by Crippen LogP contribution is 2.23. The summed E-state index contributed by atoms with van der Waals surface area (Å²) >= 11 is 0. The van der Waals surface area contributed by atoms with Crippen molar-refractivity contribution in [1.82, 2.24) is 5.32 Å². The first-order chi connectivity index (χ1) is 10.2. The third-order valence-corrected chi connectivity index (χ3v) is 4.33. The fraction of sp³-hybridized carbons (Fsp3) is 0.526. The van der Waals surface area contributed by atoms with E-state index in [2.05, 4.69) is 24.9 Å². The number of allylic oxidation sites excluding steroid dienone is 4. The van der Waals surface area contributed by atoms with Gasteiger partial charge in [-0.1, -0.05) is 42.4 Å². The molecule has 1 unspecified atom stereocenters. The van der Waals surface area contributed by atoms with E-state index in [1.165, 1.54) is 43.3 Å². The van der Waals surface area contributed by atoms with Crippen LogP contribution in [0, 0.1) is 0 Å². The monoisotopic (exact) mass is 285 g/mol. The third kappa shape index (κ3) is 4.82. The van der Waals surface area contributed by atoms with Crippen LogP contribution in [-0.2, 0) is 4.79 Å². The van der Waals surface area contributed by atoms with Crippen molar-refractivity contribution in [2.24, 2.45) is 0 Å². The second-order valence-corrected chi connectivity index (χ2v) is 6.20. The van der Waals surface area contributed by atoms with E-state index in [9.17, 15) is 4.79 Å². The summed E-state index contributed by atoms with van der Waals surface area (Å²) in [5.41, 5.74) is 4.75. The maximum Gasteiger partial charge on any atom is 0.149 e. The maximum absolute atomic E-state index is 11.0. The summed E-state index contributed by atoms with van der Waals surface area (Å²) in [7, 11) is 0. The Kier molecular flexibility index (Phi) is 6.19. The number of rotatable bonds is 6. The van der Waals surface area contributed by atoms with Crippen LogP contribution in [0.2, 0.25) is 0 Å². The third-order valence-electron chi connectivity index (χ3n) is 4.33. The maximum atomic E-state index is 11.0. The first kappa shape index (κ1) is 16.0. The molecule has 0 aromatic heterocycles. The van der Waals surface area contributed by atoms with Crippen molar-refractivity contribution in [2.75, 3.05) is 6.54 Å². The Bertz CT molecular complexity index is 482. The summed E-state index contributed by atoms with van der Waals surface area (Å²) in [4.78, 5) is 11.0. The van der Waals surface area contributed by atoms with Crippen LogP contribution in [0.25, 0.3) is 0 Å². The Balaban J connectivity index is 2.01. The average Bonchev–Trinajstić information content (AvgIpc) is 2.76. The van der Waals surface area contributed by atoms with E-state index in [4.69, 9.17) is 0 Å². The number of carbonyl (C=O) groups is 1. The molecule has 2 aliphatic rings. The van der Waals surface area contributed by atoms with Gasteiger partial charge >= 0.3 is 0 Å². The van der Waals surface area contributed by atoms with Crippen LogP contribution in [-0.4, -0.2) is 18.9 Å². The van der Waals surface area contributed by atoms with Crippen LogP contribution < -0.4 is 5.32 Å². The van der Waals surface area contributed by atoms with Crippen molar-refractivity contribution in [3.05, 3.63) is 47.1 Å². The number of hydrogen-bond acceptors (Lipinski definition) is 2. The summed E-state index contributed by atoms with van der Waals surface area (Å²) in [5, 5.41) is 3.65.